The topological polar surface area (TPSA) is 24.9 Å². The first-order valence-corrected chi connectivity index (χ1v) is 6.48. The van der Waals surface area contributed by atoms with Gasteiger partial charge in [0.05, 0.1) is 5.69 Å². The molecule has 1 aliphatic rings. The normalized spacial score (nSPS) is 16.9. The van der Waals surface area contributed by atoms with Crippen LogP contribution in [-0.4, -0.2) is 11.0 Å². The number of pyridine rings is 1. The summed E-state index contributed by atoms with van der Waals surface area (Å²) < 4.78 is 0. The van der Waals surface area contributed by atoms with Gasteiger partial charge in [0.25, 0.3) is 0 Å². The number of nitrogens with one attached hydrogen (secondary N) is 1. The molecule has 2 nitrogen and oxygen atoms in total. The minimum Gasteiger partial charge on any atom is -0.308 e. The van der Waals surface area contributed by atoms with Crippen molar-refractivity contribution in [3.63, 3.8) is 0 Å². The molecule has 1 saturated carbocycles. The quantitative estimate of drug-likeness (QED) is 0.842. The van der Waals surface area contributed by atoms with E-state index in [2.05, 4.69) is 36.3 Å². The van der Waals surface area contributed by atoms with Gasteiger partial charge in [-0.3, -0.25) is 4.98 Å². The van der Waals surface area contributed by atoms with Crippen LogP contribution in [0.5, 0.6) is 0 Å². The molecule has 1 aromatic rings. The van der Waals surface area contributed by atoms with Gasteiger partial charge in [0.15, 0.2) is 0 Å². The number of aryl methyl sites for hydroxylation is 2. The molecule has 1 heterocycles. The second kappa shape index (κ2) is 5.44. The maximum absolute atomic E-state index is 4.69. The lowest BCUT2D eigenvalue weighted by Crippen LogP contribution is -2.25. The smallest absolute Gasteiger partial charge is 0.0545 e. The molecule has 2 rings (SSSR count). The van der Waals surface area contributed by atoms with E-state index in [1.165, 1.54) is 42.6 Å². The fourth-order valence-electron chi connectivity index (χ4n) is 2.45. The van der Waals surface area contributed by atoms with Crippen LogP contribution < -0.4 is 5.32 Å². The fourth-order valence-corrected chi connectivity index (χ4v) is 2.45. The van der Waals surface area contributed by atoms with Gasteiger partial charge in [-0.1, -0.05) is 25.8 Å². The molecular formula is C14H24N2. The first-order chi connectivity index (χ1) is 7.79. The zero-order chi connectivity index (χ0) is 11.4. The Hall–Kier alpha value is -0.890. The average molecular weight is 220 g/mol. The molecule has 0 bridgehead atoms. The van der Waals surface area contributed by atoms with Gasteiger partial charge in [0, 0.05) is 19.7 Å². The Morgan fingerprint density at radius 1 is 1.38 bits per heavy atom. The van der Waals surface area contributed by atoms with Gasteiger partial charge in [-0.2, -0.15) is 0 Å². The lowest BCUT2D eigenvalue weighted by molar-refractivity contribution is 0.518. The first kappa shape index (κ1) is 11.6. The summed E-state index contributed by atoms with van der Waals surface area (Å²) >= 11 is 0. The van der Waals surface area contributed by atoms with Crippen LogP contribution in [0.4, 0.5) is 0 Å². The predicted molar refractivity (Wildman–Crippen MR) is 69.6 cm³/mol. The highest BCUT2D eigenvalue weighted by atomic mass is 14.9. The summed E-state index contributed by atoms with van der Waals surface area (Å²) in [6.45, 7) is 5.24. The number of aromatic nitrogens is 1. The van der Waals surface area contributed by atoms with Crippen LogP contribution in [0.3, 0.4) is 0 Å². The standard InChI is InChI=1S/C14H22N2.H2/c1-3-14-11(2)8-9-13(16-14)10-15-12-6-4-5-7-12;/h8-9,12,15H,3-7,10H2,1-2H3;1H. The maximum atomic E-state index is 4.69. The van der Waals surface area contributed by atoms with E-state index >= 15 is 0 Å². The molecular weight excluding hydrogens is 196 g/mol. The van der Waals surface area contributed by atoms with Crippen molar-refractivity contribution in [2.45, 2.75) is 58.5 Å². The van der Waals surface area contributed by atoms with Crippen molar-refractivity contribution in [3.8, 4) is 0 Å². The summed E-state index contributed by atoms with van der Waals surface area (Å²) in [4.78, 5) is 4.69. The van der Waals surface area contributed by atoms with Crippen LogP contribution in [-0.2, 0) is 13.0 Å². The van der Waals surface area contributed by atoms with E-state index in [4.69, 9.17) is 0 Å². The van der Waals surface area contributed by atoms with Crippen molar-refractivity contribution in [3.05, 3.63) is 29.1 Å². The monoisotopic (exact) mass is 220 g/mol. The van der Waals surface area contributed by atoms with Crippen LogP contribution in [0.15, 0.2) is 12.1 Å². The van der Waals surface area contributed by atoms with Gasteiger partial charge in [-0.25, -0.2) is 0 Å². The van der Waals surface area contributed by atoms with Crippen molar-refractivity contribution in [2.24, 2.45) is 0 Å². The lowest BCUT2D eigenvalue weighted by Gasteiger charge is -2.12. The second-order valence-corrected chi connectivity index (χ2v) is 4.78. The van der Waals surface area contributed by atoms with Crippen molar-refractivity contribution in [1.29, 1.82) is 0 Å². The SMILES string of the molecule is CCc1nc(CNC2CCCC2)ccc1C.[HH]. The Morgan fingerprint density at radius 2 is 2.12 bits per heavy atom. The molecule has 0 aliphatic heterocycles. The number of hydrogen-bond acceptors (Lipinski definition) is 2. The minimum atomic E-state index is 0. The summed E-state index contributed by atoms with van der Waals surface area (Å²) in [5.74, 6) is 0. The molecule has 0 atom stereocenters. The molecule has 1 aromatic heterocycles. The van der Waals surface area contributed by atoms with Gasteiger partial charge >= 0.3 is 0 Å². The van der Waals surface area contributed by atoms with E-state index < -0.39 is 0 Å². The zero-order valence-corrected chi connectivity index (χ0v) is 10.4. The number of nitrogens with zero attached hydrogens (tertiary/aromatic N) is 1. The van der Waals surface area contributed by atoms with E-state index in [-0.39, 0.29) is 1.43 Å². The summed E-state index contributed by atoms with van der Waals surface area (Å²) in [7, 11) is 0. The van der Waals surface area contributed by atoms with Crippen LogP contribution in [0.25, 0.3) is 0 Å². The van der Waals surface area contributed by atoms with Crippen molar-refractivity contribution >= 4 is 0 Å². The Bertz CT molecular complexity index is 346. The Kier molecular flexibility index (Phi) is 3.94. The summed E-state index contributed by atoms with van der Waals surface area (Å²) in [5, 5.41) is 3.61. The summed E-state index contributed by atoms with van der Waals surface area (Å²) in [6.07, 6.45) is 6.49. The van der Waals surface area contributed by atoms with Gasteiger partial charge in [0.1, 0.15) is 0 Å². The van der Waals surface area contributed by atoms with Crippen LogP contribution in [0, 0.1) is 6.92 Å². The van der Waals surface area contributed by atoms with Gasteiger partial charge in [-0.05, 0) is 37.8 Å². The van der Waals surface area contributed by atoms with Crippen molar-refractivity contribution in [1.82, 2.24) is 10.3 Å². The van der Waals surface area contributed by atoms with E-state index in [1.54, 1.807) is 0 Å². The molecule has 0 radical (unpaired) electrons. The largest absolute Gasteiger partial charge is 0.308 e. The highest BCUT2D eigenvalue weighted by Crippen LogP contribution is 2.18. The first-order valence-electron chi connectivity index (χ1n) is 6.48. The van der Waals surface area contributed by atoms with Crippen LogP contribution in [0.2, 0.25) is 0 Å². The summed E-state index contributed by atoms with van der Waals surface area (Å²) in [5.41, 5.74) is 3.74. The Labute approximate surface area is 100.0 Å². The molecule has 0 aromatic carbocycles. The molecule has 0 unspecified atom stereocenters. The third kappa shape index (κ3) is 2.82. The van der Waals surface area contributed by atoms with Gasteiger partial charge in [-0.15, -0.1) is 0 Å². The number of hydrogen-bond donors (Lipinski definition) is 1. The molecule has 0 spiro atoms. The molecule has 1 N–H and O–H groups in total. The van der Waals surface area contributed by atoms with Crippen molar-refractivity contribution in [2.75, 3.05) is 0 Å². The van der Waals surface area contributed by atoms with Crippen LogP contribution in [0.1, 0.15) is 51.0 Å². The second-order valence-electron chi connectivity index (χ2n) is 4.78. The third-order valence-electron chi connectivity index (χ3n) is 3.52. The summed E-state index contributed by atoms with van der Waals surface area (Å²) in [6, 6.07) is 5.07. The van der Waals surface area contributed by atoms with Gasteiger partial charge in [0.2, 0.25) is 0 Å². The molecule has 0 saturated heterocycles. The fraction of sp³-hybridized carbons (Fsp3) is 0.643. The van der Waals surface area contributed by atoms with E-state index in [9.17, 15) is 0 Å². The molecule has 1 aliphatic carbocycles. The maximum Gasteiger partial charge on any atom is 0.0545 e. The molecule has 90 valence electrons. The van der Waals surface area contributed by atoms with Crippen molar-refractivity contribution < 1.29 is 1.43 Å². The van der Waals surface area contributed by atoms with E-state index in [0.29, 0.717) is 0 Å². The molecule has 1 fully saturated rings. The predicted octanol–water partition coefficient (Wildman–Crippen LogP) is 3.23. The Balaban J connectivity index is 0.00000144. The van der Waals surface area contributed by atoms with Crippen LogP contribution >= 0.6 is 0 Å². The highest BCUT2D eigenvalue weighted by Gasteiger charge is 2.14. The lowest BCUT2D eigenvalue weighted by atomic mass is 10.1. The average Bonchev–Trinajstić information content (AvgIpc) is 2.81. The van der Waals surface area contributed by atoms with E-state index in [0.717, 1.165) is 19.0 Å². The minimum absolute atomic E-state index is 0. The molecule has 16 heavy (non-hydrogen) atoms. The third-order valence-corrected chi connectivity index (χ3v) is 3.52. The number of rotatable bonds is 4. The molecule has 2 heteroatoms. The molecule has 0 amide bonds. The van der Waals surface area contributed by atoms with E-state index in [1.807, 2.05) is 0 Å². The Morgan fingerprint density at radius 3 is 2.81 bits per heavy atom. The highest BCUT2D eigenvalue weighted by molar-refractivity contribution is 5.21. The van der Waals surface area contributed by atoms with Gasteiger partial charge < -0.3 is 5.32 Å². The zero-order valence-electron chi connectivity index (χ0n) is 10.4.